The molecule has 0 aromatic carbocycles. The fourth-order valence-corrected chi connectivity index (χ4v) is 1.06. The highest BCUT2D eigenvalue weighted by Gasteiger charge is 2.34. The Bertz CT molecular complexity index is 72.3. The first-order valence-corrected chi connectivity index (χ1v) is 3.08. The number of hydrogen-bond acceptors (Lipinski definition) is 2. The van der Waals surface area contributed by atoms with Gasteiger partial charge >= 0.3 is 0 Å². The summed E-state index contributed by atoms with van der Waals surface area (Å²) in [5, 5.41) is 0. The van der Waals surface area contributed by atoms with Gasteiger partial charge in [0.2, 0.25) is 0 Å². The standard InChI is InChI=1S/C6H13NO.2ClH/c1-8-6(5-7)3-2-4-6;;/h2-5,7H2,1H3;2*1H. The highest BCUT2D eigenvalue weighted by atomic mass is 35.5. The SMILES string of the molecule is COC1(CN)CCC1.Cl.Cl. The highest BCUT2D eigenvalue weighted by molar-refractivity contribution is 5.85. The van der Waals surface area contributed by atoms with E-state index in [4.69, 9.17) is 10.5 Å². The zero-order chi connectivity index (χ0) is 6.04. The first kappa shape index (κ1) is 13.1. The van der Waals surface area contributed by atoms with Crippen molar-refractivity contribution in [3.63, 3.8) is 0 Å². The van der Waals surface area contributed by atoms with Gasteiger partial charge in [0.15, 0.2) is 0 Å². The van der Waals surface area contributed by atoms with Crippen molar-refractivity contribution >= 4 is 24.8 Å². The van der Waals surface area contributed by atoms with E-state index in [0.29, 0.717) is 6.54 Å². The molecule has 2 nitrogen and oxygen atoms in total. The van der Waals surface area contributed by atoms with Gasteiger partial charge in [-0.25, -0.2) is 0 Å². The van der Waals surface area contributed by atoms with Crippen molar-refractivity contribution in [2.24, 2.45) is 5.73 Å². The lowest BCUT2D eigenvalue weighted by atomic mass is 9.80. The maximum absolute atomic E-state index is 5.45. The normalized spacial score (nSPS) is 19.8. The van der Waals surface area contributed by atoms with Crippen LogP contribution in [0.3, 0.4) is 0 Å². The molecule has 0 spiro atoms. The Kier molecular flexibility index (Phi) is 6.81. The van der Waals surface area contributed by atoms with Crippen LogP contribution in [0.15, 0.2) is 0 Å². The van der Waals surface area contributed by atoms with Gasteiger partial charge in [0.1, 0.15) is 0 Å². The van der Waals surface area contributed by atoms with Crippen molar-refractivity contribution < 1.29 is 4.74 Å². The molecule has 0 aliphatic heterocycles. The third kappa shape index (κ3) is 2.27. The average Bonchev–Trinajstić information content (AvgIpc) is 1.67. The fourth-order valence-electron chi connectivity index (χ4n) is 1.06. The number of methoxy groups -OCH3 is 1. The van der Waals surface area contributed by atoms with Crippen LogP contribution in [0.1, 0.15) is 19.3 Å². The van der Waals surface area contributed by atoms with E-state index in [2.05, 4.69) is 0 Å². The molecule has 1 fully saturated rings. The maximum Gasteiger partial charge on any atom is 0.0800 e. The molecule has 0 aromatic heterocycles. The van der Waals surface area contributed by atoms with Crippen molar-refractivity contribution in [1.29, 1.82) is 0 Å². The maximum atomic E-state index is 5.45. The van der Waals surface area contributed by atoms with Gasteiger partial charge in [0.05, 0.1) is 5.60 Å². The van der Waals surface area contributed by atoms with Crippen molar-refractivity contribution in [2.45, 2.75) is 24.9 Å². The Morgan fingerprint density at radius 1 is 1.40 bits per heavy atom. The summed E-state index contributed by atoms with van der Waals surface area (Å²) in [6.45, 7) is 0.684. The lowest BCUT2D eigenvalue weighted by Gasteiger charge is -2.39. The molecular formula is C6H15Cl2NO. The summed E-state index contributed by atoms with van der Waals surface area (Å²) < 4.78 is 5.20. The lowest BCUT2D eigenvalue weighted by molar-refractivity contribution is -0.0633. The van der Waals surface area contributed by atoms with Gasteiger partial charge in [-0.1, -0.05) is 0 Å². The Labute approximate surface area is 74.3 Å². The zero-order valence-electron chi connectivity index (χ0n) is 6.13. The van der Waals surface area contributed by atoms with E-state index in [-0.39, 0.29) is 30.4 Å². The van der Waals surface area contributed by atoms with Crippen molar-refractivity contribution in [1.82, 2.24) is 0 Å². The topological polar surface area (TPSA) is 35.2 Å². The van der Waals surface area contributed by atoms with Crippen LogP contribution in [0.25, 0.3) is 0 Å². The summed E-state index contributed by atoms with van der Waals surface area (Å²) in [4.78, 5) is 0. The van der Waals surface area contributed by atoms with Gasteiger partial charge in [-0.05, 0) is 19.3 Å². The molecule has 2 N–H and O–H groups in total. The molecule has 1 saturated carbocycles. The van der Waals surface area contributed by atoms with Crippen molar-refractivity contribution in [2.75, 3.05) is 13.7 Å². The molecule has 0 saturated heterocycles. The molecule has 4 heteroatoms. The van der Waals surface area contributed by atoms with Gasteiger partial charge in [-0.3, -0.25) is 0 Å². The third-order valence-corrected chi connectivity index (χ3v) is 2.07. The Morgan fingerprint density at radius 3 is 1.90 bits per heavy atom. The predicted molar refractivity (Wildman–Crippen MR) is 47.1 cm³/mol. The summed E-state index contributed by atoms with van der Waals surface area (Å²) in [7, 11) is 1.74. The van der Waals surface area contributed by atoms with E-state index < -0.39 is 0 Å². The van der Waals surface area contributed by atoms with E-state index in [9.17, 15) is 0 Å². The van der Waals surface area contributed by atoms with Gasteiger partial charge in [-0.2, -0.15) is 0 Å². The molecule has 0 bridgehead atoms. The minimum Gasteiger partial charge on any atom is -0.377 e. The smallest absolute Gasteiger partial charge is 0.0800 e. The van der Waals surface area contributed by atoms with Gasteiger partial charge in [0, 0.05) is 13.7 Å². The predicted octanol–water partition coefficient (Wildman–Crippen LogP) is 1.36. The second-order valence-electron chi connectivity index (χ2n) is 2.44. The van der Waals surface area contributed by atoms with Crippen LogP contribution in [0.5, 0.6) is 0 Å². The second-order valence-corrected chi connectivity index (χ2v) is 2.44. The molecule has 10 heavy (non-hydrogen) atoms. The van der Waals surface area contributed by atoms with E-state index in [1.165, 1.54) is 6.42 Å². The first-order valence-electron chi connectivity index (χ1n) is 3.08. The van der Waals surface area contributed by atoms with Crippen LogP contribution >= 0.6 is 24.8 Å². The van der Waals surface area contributed by atoms with Crippen LogP contribution < -0.4 is 5.73 Å². The van der Waals surface area contributed by atoms with Crippen LogP contribution in [-0.2, 0) is 4.74 Å². The number of halogens is 2. The Hall–Kier alpha value is 0.500. The summed E-state index contributed by atoms with van der Waals surface area (Å²) >= 11 is 0. The zero-order valence-corrected chi connectivity index (χ0v) is 7.76. The number of nitrogens with two attached hydrogens (primary N) is 1. The van der Waals surface area contributed by atoms with E-state index in [0.717, 1.165) is 12.8 Å². The molecule has 1 aliphatic carbocycles. The molecule has 1 aliphatic rings. The van der Waals surface area contributed by atoms with Crippen LogP contribution in [0.2, 0.25) is 0 Å². The summed E-state index contributed by atoms with van der Waals surface area (Å²) in [6.07, 6.45) is 3.59. The minimum absolute atomic E-state index is 0. The van der Waals surface area contributed by atoms with Gasteiger partial charge in [0.25, 0.3) is 0 Å². The van der Waals surface area contributed by atoms with Gasteiger partial charge < -0.3 is 10.5 Å². The second kappa shape index (κ2) is 5.19. The first-order chi connectivity index (χ1) is 3.83. The van der Waals surface area contributed by atoms with E-state index >= 15 is 0 Å². The lowest BCUT2D eigenvalue weighted by Crippen LogP contribution is -2.45. The van der Waals surface area contributed by atoms with E-state index in [1.54, 1.807) is 7.11 Å². The Morgan fingerprint density at radius 2 is 1.90 bits per heavy atom. The fraction of sp³-hybridized carbons (Fsp3) is 1.00. The molecule has 1 rings (SSSR count). The molecule has 0 atom stereocenters. The molecular weight excluding hydrogens is 173 g/mol. The van der Waals surface area contributed by atoms with Crippen LogP contribution in [0, 0.1) is 0 Å². The number of rotatable bonds is 2. The van der Waals surface area contributed by atoms with Gasteiger partial charge in [-0.15, -0.1) is 24.8 Å². The summed E-state index contributed by atoms with van der Waals surface area (Å²) in [5.74, 6) is 0. The quantitative estimate of drug-likeness (QED) is 0.710. The number of ether oxygens (including phenoxy) is 1. The summed E-state index contributed by atoms with van der Waals surface area (Å²) in [6, 6.07) is 0. The average molecular weight is 188 g/mol. The van der Waals surface area contributed by atoms with Crippen LogP contribution in [0.4, 0.5) is 0 Å². The monoisotopic (exact) mass is 187 g/mol. The molecule has 0 unspecified atom stereocenters. The van der Waals surface area contributed by atoms with Crippen LogP contribution in [-0.4, -0.2) is 19.3 Å². The highest BCUT2D eigenvalue weighted by Crippen LogP contribution is 2.33. The Balaban J connectivity index is 0. The minimum atomic E-state index is 0. The summed E-state index contributed by atoms with van der Waals surface area (Å²) in [5.41, 5.74) is 5.54. The molecule has 0 amide bonds. The molecule has 64 valence electrons. The molecule has 0 aromatic rings. The molecule has 0 heterocycles. The molecule has 0 radical (unpaired) electrons. The number of hydrogen-bond donors (Lipinski definition) is 1. The van der Waals surface area contributed by atoms with Crippen molar-refractivity contribution in [3.8, 4) is 0 Å². The van der Waals surface area contributed by atoms with E-state index in [1.807, 2.05) is 0 Å². The largest absolute Gasteiger partial charge is 0.377 e. The van der Waals surface area contributed by atoms with Crippen molar-refractivity contribution in [3.05, 3.63) is 0 Å². The third-order valence-electron chi connectivity index (χ3n) is 2.07.